The first kappa shape index (κ1) is 9.16. The average molecular weight is 281 g/mol. The largest absolute Gasteiger partial charge is 0.396 e. The molecular formula is C7H7Br2NO. The maximum Gasteiger partial charge on any atom is 0.0569 e. The summed E-state index contributed by atoms with van der Waals surface area (Å²) in [6, 6.07) is 1.91. The van der Waals surface area contributed by atoms with Crippen LogP contribution >= 0.6 is 31.9 Å². The third-order valence-electron chi connectivity index (χ3n) is 1.23. The van der Waals surface area contributed by atoms with Crippen LogP contribution in [0.15, 0.2) is 21.2 Å². The van der Waals surface area contributed by atoms with E-state index in [1.807, 2.05) is 6.07 Å². The molecule has 2 nitrogen and oxygen atoms in total. The van der Waals surface area contributed by atoms with E-state index in [0.717, 1.165) is 14.6 Å². The fraction of sp³-hybridized carbons (Fsp3) is 0.286. The van der Waals surface area contributed by atoms with Crippen molar-refractivity contribution in [2.24, 2.45) is 0 Å². The molecule has 0 saturated heterocycles. The van der Waals surface area contributed by atoms with Crippen LogP contribution in [-0.2, 0) is 6.42 Å². The van der Waals surface area contributed by atoms with Crippen molar-refractivity contribution in [3.63, 3.8) is 0 Å². The smallest absolute Gasteiger partial charge is 0.0569 e. The lowest BCUT2D eigenvalue weighted by molar-refractivity contribution is 0.298. The summed E-state index contributed by atoms with van der Waals surface area (Å²) in [6.07, 6.45) is 2.31. The second-order valence-corrected chi connectivity index (χ2v) is 3.83. The lowest BCUT2D eigenvalue weighted by atomic mass is 10.3. The SMILES string of the molecule is OCCc1ncc(Br)cc1Br. The number of halogens is 2. The van der Waals surface area contributed by atoms with Gasteiger partial charge in [0.15, 0.2) is 0 Å². The number of aromatic nitrogens is 1. The number of aliphatic hydroxyl groups is 1. The molecule has 0 amide bonds. The Hall–Kier alpha value is 0.0700. The van der Waals surface area contributed by atoms with Gasteiger partial charge in [-0.1, -0.05) is 0 Å². The van der Waals surface area contributed by atoms with Crippen molar-refractivity contribution in [2.75, 3.05) is 6.61 Å². The third kappa shape index (κ3) is 2.54. The van der Waals surface area contributed by atoms with Crippen molar-refractivity contribution in [3.8, 4) is 0 Å². The van der Waals surface area contributed by atoms with E-state index in [1.54, 1.807) is 6.20 Å². The average Bonchev–Trinajstić information content (AvgIpc) is 1.95. The van der Waals surface area contributed by atoms with Gasteiger partial charge in [0.1, 0.15) is 0 Å². The van der Waals surface area contributed by atoms with Gasteiger partial charge in [0, 0.05) is 28.2 Å². The standard InChI is InChI=1S/C7H7Br2NO/c8-5-3-6(9)7(1-2-11)10-4-5/h3-4,11H,1-2H2. The molecule has 1 heterocycles. The minimum Gasteiger partial charge on any atom is -0.396 e. The van der Waals surface area contributed by atoms with Gasteiger partial charge < -0.3 is 5.11 Å². The summed E-state index contributed by atoms with van der Waals surface area (Å²) in [5.41, 5.74) is 0.885. The quantitative estimate of drug-likeness (QED) is 0.900. The van der Waals surface area contributed by atoms with Crippen LogP contribution in [0.1, 0.15) is 5.69 Å². The molecule has 0 bridgehead atoms. The van der Waals surface area contributed by atoms with E-state index < -0.39 is 0 Å². The zero-order chi connectivity index (χ0) is 8.27. The molecule has 0 saturated carbocycles. The van der Waals surface area contributed by atoms with Gasteiger partial charge in [0.25, 0.3) is 0 Å². The van der Waals surface area contributed by atoms with Crippen LogP contribution in [0.25, 0.3) is 0 Å². The number of hydrogen-bond donors (Lipinski definition) is 1. The third-order valence-corrected chi connectivity index (χ3v) is 2.35. The molecule has 1 aromatic heterocycles. The molecule has 0 unspecified atom stereocenters. The van der Waals surface area contributed by atoms with Crippen LogP contribution in [0.3, 0.4) is 0 Å². The maximum atomic E-state index is 8.64. The molecule has 0 aliphatic heterocycles. The molecular weight excluding hydrogens is 274 g/mol. The van der Waals surface area contributed by atoms with Gasteiger partial charge in [-0.15, -0.1) is 0 Å². The number of rotatable bonds is 2. The summed E-state index contributed by atoms with van der Waals surface area (Å²) in [6.45, 7) is 0.132. The van der Waals surface area contributed by atoms with Crippen LogP contribution in [0, 0.1) is 0 Å². The molecule has 0 aromatic carbocycles. The molecule has 1 N–H and O–H groups in total. The minimum atomic E-state index is 0.132. The Morgan fingerprint density at radius 2 is 2.18 bits per heavy atom. The number of pyridine rings is 1. The zero-order valence-corrected chi connectivity index (χ0v) is 8.89. The van der Waals surface area contributed by atoms with E-state index in [-0.39, 0.29) is 6.61 Å². The van der Waals surface area contributed by atoms with Crippen molar-refractivity contribution in [2.45, 2.75) is 6.42 Å². The van der Waals surface area contributed by atoms with Gasteiger partial charge in [-0.25, -0.2) is 0 Å². The van der Waals surface area contributed by atoms with E-state index in [0.29, 0.717) is 6.42 Å². The van der Waals surface area contributed by atoms with Crippen LogP contribution in [0.4, 0.5) is 0 Å². The van der Waals surface area contributed by atoms with Crippen molar-refractivity contribution in [1.29, 1.82) is 0 Å². The lowest BCUT2D eigenvalue weighted by Gasteiger charge is -2.00. The van der Waals surface area contributed by atoms with Crippen molar-refractivity contribution >= 4 is 31.9 Å². The first-order chi connectivity index (χ1) is 5.24. The Morgan fingerprint density at radius 3 is 2.73 bits per heavy atom. The van der Waals surface area contributed by atoms with E-state index >= 15 is 0 Å². The van der Waals surface area contributed by atoms with Crippen molar-refractivity contribution in [3.05, 3.63) is 26.9 Å². The highest BCUT2D eigenvalue weighted by Crippen LogP contribution is 2.19. The van der Waals surface area contributed by atoms with E-state index in [9.17, 15) is 0 Å². The summed E-state index contributed by atoms with van der Waals surface area (Å²) in [4.78, 5) is 4.11. The van der Waals surface area contributed by atoms with Gasteiger partial charge in [-0.2, -0.15) is 0 Å². The Balaban J connectivity index is 2.90. The van der Waals surface area contributed by atoms with Crippen LogP contribution in [0.2, 0.25) is 0 Å². The van der Waals surface area contributed by atoms with E-state index in [1.165, 1.54) is 0 Å². The fourth-order valence-electron chi connectivity index (χ4n) is 0.733. The minimum absolute atomic E-state index is 0.132. The predicted octanol–water partition coefficient (Wildman–Crippen LogP) is 2.14. The summed E-state index contributed by atoms with van der Waals surface area (Å²) in [7, 11) is 0. The summed E-state index contributed by atoms with van der Waals surface area (Å²) in [5, 5.41) is 8.64. The molecule has 1 rings (SSSR count). The summed E-state index contributed by atoms with van der Waals surface area (Å²) >= 11 is 6.64. The molecule has 0 radical (unpaired) electrons. The molecule has 60 valence electrons. The highest BCUT2D eigenvalue weighted by atomic mass is 79.9. The number of hydrogen-bond acceptors (Lipinski definition) is 2. The molecule has 1 aromatic rings. The molecule has 0 aliphatic rings. The first-order valence-corrected chi connectivity index (χ1v) is 4.73. The van der Waals surface area contributed by atoms with Crippen molar-refractivity contribution < 1.29 is 5.11 Å². The maximum absolute atomic E-state index is 8.64. The Kier molecular flexibility index (Phi) is 3.48. The monoisotopic (exact) mass is 279 g/mol. The van der Waals surface area contributed by atoms with Crippen LogP contribution < -0.4 is 0 Å². The second-order valence-electron chi connectivity index (χ2n) is 2.06. The molecule has 11 heavy (non-hydrogen) atoms. The van der Waals surface area contributed by atoms with Gasteiger partial charge in [-0.3, -0.25) is 4.98 Å². The van der Waals surface area contributed by atoms with Gasteiger partial charge in [0.05, 0.1) is 5.69 Å². The van der Waals surface area contributed by atoms with E-state index in [2.05, 4.69) is 36.8 Å². The van der Waals surface area contributed by atoms with Crippen LogP contribution in [0.5, 0.6) is 0 Å². The topological polar surface area (TPSA) is 33.1 Å². The second kappa shape index (κ2) is 4.18. The highest BCUT2D eigenvalue weighted by Gasteiger charge is 2.00. The summed E-state index contributed by atoms with van der Waals surface area (Å²) in [5.74, 6) is 0. The number of nitrogens with zero attached hydrogens (tertiary/aromatic N) is 1. The van der Waals surface area contributed by atoms with Gasteiger partial charge in [0.2, 0.25) is 0 Å². The lowest BCUT2D eigenvalue weighted by Crippen LogP contribution is -1.95. The first-order valence-electron chi connectivity index (χ1n) is 3.15. The van der Waals surface area contributed by atoms with Crippen molar-refractivity contribution in [1.82, 2.24) is 4.98 Å². The molecule has 4 heteroatoms. The molecule has 0 atom stereocenters. The normalized spacial score (nSPS) is 10.1. The Bertz CT molecular complexity index is 252. The van der Waals surface area contributed by atoms with Gasteiger partial charge >= 0.3 is 0 Å². The van der Waals surface area contributed by atoms with Gasteiger partial charge in [-0.05, 0) is 37.9 Å². The summed E-state index contributed by atoms with van der Waals surface area (Å²) < 4.78 is 1.87. The fourth-order valence-corrected chi connectivity index (χ4v) is 1.92. The molecule has 0 fully saturated rings. The highest BCUT2D eigenvalue weighted by molar-refractivity contribution is 9.11. The van der Waals surface area contributed by atoms with Crippen LogP contribution in [-0.4, -0.2) is 16.7 Å². The Morgan fingerprint density at radius 1 is 1.45 bits per heavy atom. The zero-order valence-electron chi connectivity index (χ0n) is 5.72. The number of aliphatic hydroxyl groups excluding tert-OH is 1. The predicted molar refractivity (Wildman–Crippen MR) is 50.4 cm³/mol. The Labute approximate surface area is 81.9 Å². The molecule has 0 aliphatic carbocycles. The van der Waals surface area contributed by atoms with E-state index in [4.69, 9.17) is 5.11 Å². The molecule has 0 spiro atoms.